The summed E-state index contributed by atoms with van der Waals surface area (Å²) in [4.78, 5) is 0. The highest BCUT2D eigenvalue weighted by molar-refractivity contribution is 6.68. The maximum atomic E-state index is 6.03. The quantitative estimate of drug-likeness (QED) is 0.540. The molecule has 1 unspecified atom stereocenters. The zero-order chi connectivity index (χ0) is 14.9. The molecule has 0 spiro atoms. The zero-order valence-corrected chi connectivity index (χ0v) is 14.7. The molecule has 0 fully saturated rings. The summed E-state index contributed by atoms with van der Waals surface area (Å²) in [6, 6.07) is 0. The Bertz CT molecular complexity index is 247. The minimum atomic E-state index is -2.92. The van der Waals surface area contributed by atoms with Crippen molar-refractivity contribution in [3.8, 4) is 0 Å². The Morgan fingerprint density at radius 2 is 1.42 bits per heavy atom. The van der Waals surface area contributed by atoms with Gasteiger partial charge >= 0.3 is 17.6 Å². The lowest BCUT2D eigenvalue weighted by atomic mass is 10.4. The second-order valence-corrected chi connectivity index (χ2v) is 9.57. The van der Waals surface area contributed by atoms with E-state index in [0.717, 1.165) is 12.8 Å². The van der Waals surface area contributed by atoms with E-state index >= 15 is 0 Å². The Labute approximate surface area is 118 Å². The van der Waals surface area contributed by atoms with Crippen molar-refractivity contribution >= 4 is 17.6 Å². The molecule has 0 aromatic heterocycles. The fourth-order valence-corrected chi connectivity index (χ4v) is 6.11. The van der Waals surface area contributed by atoms with Crippen LogP contribution in [0.4, 0.5) is 0 Å². The molecule has 0 saturated heterocycles. The normalized spacial score (nSPS) is 14.4. The van der Waals surface area contributed by atoms with E-state index in [0.29, 0.717) is 0 Å². The van der Waals surface area contributed by atoms with Crippen molar-refractivity contribution < 1.29 is 26.6 Å². The van der Waals surface area contributed by atoms with Crippen molar-refractivity contribution in [1.29, 1.82) is 0 Å². The van der Waals surface area contributed by atoms with E-state index in [1.54, 1.807) is 27.0 Å². The van der Waals surface area contributed by atoms with E-state index in [2.05, 4.69) is 6.58 Å². The minimum absolute atomic E-state index is 0.359. The first-order valence-corrected chi connectivity index (χ1v) is 9.71. The molecule has 8 heteroatoms. The number of hydrogen-bond donors (Lipinski definition) is 0. The molecule has 19 heavy (non-hydrogen) atoms. The Morgan fingerprint density at radius 1 is 0.947 bits per heavy atom. The molecule has 0 N–H and O–H groups in total. The molecule has 0 heterocycles. The fourth-order valence-electron chi connectivity index (χ4n) is 1.81. The molecule has 0 saturated carbocycles. The topological polar surface area (TPSA) is 55.4 Å². The SMILES string of the molecule is C=C[Si](OC)(OC)OC(CCC)[Si](OC)(OC)OC. The van der Waals surface area contributed by atoms with Crippen LogP contribution in [0.25, 0.3) is 0 Å². The molecule has 0 aromatic carbocycles. The molecular formula is C11H26O6Si2. The standard InChI is InChI=1S/C11H26O6Si2/c1-8-10-11(19(14-5,15-6)16-7)17-18(9-2,12-3)13-4/h9,11H,2,8,10H2,1,3-7H3. The molecule has 0 aromatic rings. The molecule has 1 atom stereocenters. The maximum Gasteiger partial charge on any atom is 0.529 e. The molecule has 6 nitrogen and oxygen atoms in total. The van der Waals surface area contributed by atoms with Crippen LogP contribution >= 0.6 is 0 Å². The molecule has 0 aliphatic heterocycles. The van der Waals surface area contributed by atoms with Gasteiger partial charge in [-0.1, -0.05) is 19.9 Å². The maximum absolute atomic E-state index is 6.03. The lowest BCUT2D eigenvalue weighted by molar-refractivity contribution is 0.0251. The Kier molecular flexibility index (Phi) is 8.95. The van der Waals surface area contributed by atoms with Gasteiger partial charge in [0.1, 0.15) is 5.73 Å². The van der Waals surface area contributed by atoms with Crippen molar-refractivity contribution in [3.63, 3.8) is 0 Å². The highest BCUT2D eigenvalue weighted by Gasteiger charge is 2.53. The molecule has 114 valence electrons. The first-order valence-electron chi connectivity index (χ1n) is 6.10. The molecule has 0 rings (SSSR count). The summed E-state index contributed by atoms with van der Waals surface area (Å²) in [5, 5.41) is 0. The van der Waals surface area contributed by atoms with Gasteiger partial charge in [0.05, 0.1) is 0 Å². The summed E-state index contributed by atoms with van der Waals surface area (Å²) in [5.74, 6) is 0. The van der Waals surface area contributed by atoms with Crippen LogP contribution in [0.2, 0.25) is 0 Å². The third-order valence-electron chi connectivity index (χ3n) is 2.92. The van der Waals surface area contributed by atoms with Gasteiger partial charge in [0, 0.05) is 35.5 Å². The summed E-state index contributed by atoms with van der Waals surface area (Å²) in [7, 11) is 1.91. The van der Waals surface area contributed by atoms with E-state index in [1.165, 1.54) is 14.2 Å². The van der Waals surface area contributed by atoms with Crippen molar-refractivity contribution in [2.45, 2.75) is 25.5 Å². The van der Waals surface area contributed by atoms with E-state index in [1.807, 2.05) is 6.92 Å². The van der Waals surface area contributed by atoms with E-state index in [4.69, 9.17) is 26.6 Å². The summed E-state index contributed by atoms with van der Waals surface area (Å²) in [6.45, 7) is 5.78. The van der Waals surface area contributed by atoms with Crippen molar-refractivity contribution in [3.05, 3.63) is 12.3 Å². The molecule has 0 aliphatic rings. The van der Waals surface area contributed by atoms with Gasteiger partial charge in [0.15, 0.2) is 0 Å². The Balaban J connectivity index is 5.24. The Hall–Kier alpha value is -0.0662. The highest BCUT2D eigenvalue weighted by Crippen LogP contribution is 2.24. The van der Waals surface area contributed by atoms with Crippen LogP contribution in [0.15, 0.2) is 12.3 Å². The largest absolute Gasteiger partial charge is 0.529 e. The van der Waals surface area contributed by atoms with Gasteiger partial charge in [-0.05, 0) is 12.1 Å². The van der Waals surface area contributed by atoms with E-state index in [9.17, 15) is 0 Å². The van der Waals surface area contributed by atoms with Crippen LogP contribution in [0.3, 0.4) is 0 Å². The predicted octanol–water partition coefficient (Wildman–Crippen LogP) is 1.55. The van der Waals surface area contributed by atoms with Gasteiger partial charge in [-0.15, -0.1) is 0 Å². The van der Waals surface area contributed by atoms with Gasteiger partial charge < -0.3 is 26.6 Å². The highest BCUT2D eigenvalue weighted by atomic mass is 28.4. The van der Waals surface area contributed by atoms with Gasteiger partial charge in [0.25, 0.3) is 0 Å². The van der Waals surface area contributed by atoms with Crippen molar-refractivity contribution in [2.75, 3.05) is 35.5 Å². The van der Waals surface area contributed by atoms with Crippen LogP contribution in [0, 0.1) is 0 Å². The van der Waals surface area contributed by atoms with Gasteiger partial charge in [-0.3, -0.25) is 0 Å². The summed E-state index contributed by atoms with van der Waals surface area (Å²) in [6.07, 6.45) is 1.61. The third-order valence-corrected chi connectivity index (χ3v) is 8.31. The third kappa shape index (κ3) is 4.46. The van der Waals surface area contributed by atoms with Crippen LogP contribution in [-0.2, 0) is 26.6 Å². The first kappa shape index (κ1) is 18.9. The van der Waals surface area contributed by atoms with Crippen LogP contribution in [-0.4, -0.2) is 58.9 Å². The van der Waals surface area contributed by atoms with Gasteiger partial charge in [-0.25, -0.2) is 0 Å². The monoisotopic (exact) mass is 310 g/mol. The summed E-state index contributed by atoms with van der Waals surface area (Å²) < 4.78 is 33.2. The van der Waals surface area contributed by atoms with Crippen LogP contribution < -0.4 is 0 Å². The van der Waals surface area contributed by atoms with E-state index in [-0.39, 0.29) is 5.73 Å². The minimum Gasteiger partial charge on any atom is -0.375 e. The lowest BCUT2D eigenvalue weighted by Crippen LogP contribution is -2.60. The first-order chi connectivity index (χ1) is 9.03. The summed E-state index contributed by atoms with van der Waals surface area (Å²) >= 11 is 0. The van der Waals surface area contributed by atoms with Gasteiger partial charge in [0.2, 0.25) is 0 Å². The second kappa shape index (κ2) is 8.98. The number of rotatable bonds is 11. The molecule has 0 aliphatic carbocycles. The van der Waals surface area contributed by atoms with Crippen LogP contribution in [0.5, 0.6) is 0 Å². The molecule has 0 radical (unpaired) electrons. The van der Waals surface area contributed by atoms with Crippen molar-refractivity contribution in [1.82, 2.24) is 0 Å². The Morgan fingerprint density at radius 3 is 1.68 bits per heavy atom. The number of hydrogen-bond acceptors (Lipinski definition) is 6. The molecular weight excluding hydrogens is 284 g/mol. The second-order valence-electron chi connectivity index (χ2n) is 3.83. The fraction of sp³-hybridized carbons (Fsp3) is 0.818. The van der Waals surface area contributed by atoms with Crippen LogP contribution in [0.1, 0.15) is 19.8 Å². The molecule has 0 amide bonds. The molecule has 0 bridgehead atoms. The lowest BCUT2D eigenvalue weighted by Gasteiger charge is -2.36. The van der Waals surface area contributed by atoms with Crippen molar-refractivity contribution in [2.24, 2.45) is 0 Å². The zero-order valence-electron chi connectivity index (χ0n) is 12.7. The van der Waals surface area contributed by atoms with Gasteiger partial charge in [-0.2, -0.15) is 0 Å². The predicted molar refractivity (Wildman–Crippen MR) is 76.5 cm³/mol. The summed E-state index contributed by atoms with van der Waals surface area (Å²) in [5.41, 5.74) is 1.22. The average molecular weight is 310 g/mol. The smallest absolute Gasteiger partial charge is 0.375 e. The van der Waals surface area contributed by atoms with E-state index < -0.39 is 17.6 Å². The average Bonchev–Trinajstić information content (AvgIpc) is 2.47.